The van der Waals surface area contributed by atoms with Crippen molar-refractivity contribution in [1.82, 2.24) is 20.3 Å². The summed E-state index contributed by atoms with van der Waals surface area (Å²) in [5, 5.41) is 11.4. The Morgan fingerprint density at radius 3 is 3.05 bits per heavy atom. The second-order valence-corrected chi connectivity index (χ2v) is 4.28. The number of rotatable bonds is 8. The number of aromatic nitrogens is 3. The van der Waals surface area contributed by atoms with Gasteiger partial charge in [0.15, 0.2) is 11.5 Å². The lowest BCUT2D eigenvalue weighted by molar-refractivity contribution is 0.248. The topological polar surface area (TPSA) is 65.1 Å². The highest BCUT2D eigenvalue weighted by molar-refractivity contribution is 5.13. The lowest BCUT2D eigenvalue weighted by Gasteiger charge is -1.98. The highest BCUT2D eigenvalue weighted by Crippen LogP contribution is 2.12. The number of ether oxygens (including phenoxy) is 1. The van der Waals surface area contributed by atoms with E-state index in [0.29, 0.717) is 6.61 Å². The van der Waals surface area contributed by atoms with Crippen LogP contribution in [0.5, 0.6) is 5.75 Å². The Kier molecular flexibility index (Phi) is 4.97. The van der Waals surface area contributed by atoms with Crippen molar-refractivity contribution in [3.05, 3.63) is 29.9 Å². The maximum absolute atomic E-state index is 5.58. The molecule has 1 N–H and O–H groups in total. The fourth-order valence-electron chi connectivity index (χ4n) is 1.65. The maximum Gasteiger partial charge on any atom is 0.174 e. The van der Waals surface area contributed by atoms with Crippen LogP contribution in [0.15, 0.2) is 23.0 Å². The Balaban J connectivity index is 1.79. The van der Waals surface area contributed by atoms with Gasteiger partial charge in [-0.1, -0.05) is 12.1 Å². The number of nitrogens with zero attached hydrogens (tertiary/aromatic N) is 3. The van der Waals surface area contributed by atoms with Gasteiger partial charge in [0.2, 0.25) is 0 Å². The summed E-state index contributed by atoms with van der Waals surface area (Å²) >= 11 is 0. The molecule has 0 unspecified atom stereocenters. The normalized spacial score (nSPS) is 10.8. The van der Waals surface area contributed by atoms with Crippen LogP contribution in [0.1, 0.15) is 31.7 Å². The number of aryl methyl sites for hydroxylation is 1. The zero-order valence-corrected chi connectivity index (χ0v) is 11.4. The number of nitrogens with one attached hydrogen (secondary N) is 1. The summed E-state index contributed by atoms with van der Waals surface area (Å²) in [6.07, 6.45) is 4.67. The van der Waals surface area contributed by atoms with Crippen molar-refractivity contribution in [3.8, 4) is 5.75 Å². The summed E-state index contributed by atoms with van der Waals surface area (Å²) < 4.78 is 12.6. The molecule has 6 heteroatoms. The third-order valence-electron chi connectivity index (χ3n) is 2.66. The highest BCUT2D eigenvalue weighted by Gasteiger charge is 2.05. The highest BCUT2D eigenvalue weighted by atomic mass is 16.5. The van der Waals surface area contributed by atoms with Gasteiger partial charge in [0, 0.05) is 19.2 Å². The summed E-state index contributed by atoms with van der Waals surface area (Å²) in [5.41, 5.74) is 0.899. The van der Waals surface area contributed by atoms with Gasteiger partial charge >= 0.3 is 0 Å². The van der Waals surface area contributed by atoms with Crippen molar-refractivity contribution in [1.29, 1.82) is 0 Å². The number of hydrogen-bond acceptors (Lipinski definition) is 5. The molecule has 2 heterocycles. The molecule has 0 aliphatic carbocycles. The summed E-state index contributed by atoms with van der Waals surface area (Å²) in [5.74, 6) is 1.46. The predicted octanol–water partition coefficient (Wildman–Crippen LogP) is 1.97. The molecular weight excluding hydrogens is 244 g/mol. The van der Waals surface area contributed by atoms with E-state index >= 15 is 0 Å². The van der Waals surface area contributed by atoms with E-state index in [2.05, 4.69) is 22.5 Å². The molecule has 6 nitrogen and oxygen atoms in total. The molecule has 0 aliphatic heterocycles. The van der Waals surface area contributed by atoms with Crippen LogP contribution < -0.4 is 10.1 Å². The van der Waals surface area contributed by atoms with Gasteiger partial charge in [-0.15, -0.1) is 0 Å². The standard InChI is InChI=1S/C13H20N4O2/c1-3-5-14-7-11-6-12(19-16-11)10-18-13-8-15-17(4-2)9-13/h6,8-9,14H,3-5,7,10H2,1-2H3. The van der Waals surface area contributed by atoms with Gasteiger partial charge in [0.1, 0.15) is 6.61 Å². The van der Waals surface area contributed by atoms with E-state index in [1.54, 1.807) is 6.20 Å². The maximum atomic E-state index is 5.58. The van der Waals surface area contributed by atoms with Crippen molar-refractivity contribution in [3.63, 3.8) is 0 Å². The molecule has 0 amide bonds. The summed E-state index contributed by atoms with van der Waals surface area (Å²) in [6.45, 7) is 7.07. The first-order valence-corrected chi connectivity index (χ1v) is 6.62. The second-order valence-electron chi connectivity index (χ2n) is 4.28. The van der Waals surface area contributed by atoms with Crippen LogP contribution in [0.25, 0.3) is 0 Å². The van der Waals surface area contributed by atoms with Crippen molar-refractivity contribution in [2.24, 2.45) is 0 Å². The van der Waals surface area contributed by atoms with E-state index in [-0.39, 0.29) is 0 Å². The molecule has 0 saturated heterocycles. The molecule has 104 valence electrons. The van der Waals surface area contributed by atoms with Crippen LogP contribution >= 0.6 is 0 Å². The zero-order valence-electron chi connectivity index (χ0n) is 11.4. The van der Waals surface area contributed by atoms with E-state index in [1.165, 1.54) is 0 Å². The van der Waals surface area contributed by atoms with Gasteiger partial charge in [0.25, 0.3) is 0 Å². The molecule has 0 aliphatic rings. The second kappa shape index (κ2) is 6.94. The molecule has 0 saturated carbocycles. The van der Waals surface area contributed by atoms with Crippen molar-refractivity contribution in [2.75, 3.05) is 6.54 Å². The van der Waals surface area contributed by atoms with Gasteiger partial charge in [-0.25, -0.2) is 0 Å². The molecule has 0 radical (unpaired) electrons. The van der Waals surface area contributed by atoms with E-state index < -0.39 is 0 Å². The average Bonchev–Trinajstić information content (AvgIpc) is 3.05. The minimum Gasteiger partial charge on any atom is -0.482 e. The largest absolute Gasteiger partial charge is 0.482 e. The number of hydrogen-bond donors (Lipinski definition) is 1. The Morgan fingerprint density at radius 1 is 1.42 bits per heavy atom. The van der Waals surface area contributed by atoms with Gasteiger partial charge in [0.05, 0.1) is 18.1 Å². The fourth-order valence-corrected chi connectivity index (χ4v) is 1.65. The van der Waals surface area contributed by atoms with Crippen LogP contribution in [0.2, 0.25) is 0 Å². The van der Waals surface area contributed by atoms with E-state index in [0.717, 1.165) is 43.3 Å². The quantitative estimate of drug-likeness (QED) is 0.738. The Bertz CT molecular complexity index is 492. The average molecular weight is 264 g/mol. The van der Waals surface area contributed by atoms with Gasteiger partial charge in [-0.05, 0) is 19.9 Å². The van der Waals surface area contributed by atoms with Gasteiger partial charge < -0.3 is 14.6 Å². The van der Waals surface area contributed by atoms with E-state index in [9.17, 15) is 0 Å². The minimum absolute atomic E-state index is 0.371. The van der Waals surface area contributed by atoms with Gasteiger partial charge in [-0.2, -0.15) is 5.10 Å². The first-order valence-electron chi connectivity index (χ1n) is 6.62. The third-order valence-corrected chi connectivity index (χ3v) is 2.66. The molecule has 0 aromatic carbocycles. The molecule has 2 aromatic heterocycles. The van der Waals surface area contributed by atoms with E-state index in [1.807, 2.05) is 23.9 Å². The predicted molar refractivity (Wildman–Crippen MR) is 70.7 cm³/mol. The molecule has 0 spiro atoms. The summed E-state index contributed by atoms with van der Waals surface area (Å²) in [4.78, 5) is 0. The summed E-state index contributed by atoms with van der Waals surface area (Å²) in [7, 11) is 0. The molecule has 2 rings (SSSR count). The zero-order chi connectivity index (χ0) is 13.5. The monoisotopic (exact) mass is 264 g/mol. The minimum atomic E-state index is 0.371. The lowest BCUT2D eigenvalue weighted by atomic mass is 10.3. The van der Waals surface area contributed by atoms with Crippen LogP contribution in [0.3, 0.4) is 0 Å². The Labute approximate surface area is 112 Å². The SMILES string of the molecule is CCCNCc1cc(COc2cnn(CC)c2)on1. The van der Waals surface area contributed by atoms with Crippen molar-refractivity contribution >= 4 is 0 Å². The Morgan fingerprint density at radius 2 is 2.32 bits per heavy atom. The fraction of sp³-hybridized carbons (Fsp3) is 0.538. The molecule has 2 aromatic rings. The van der Waals surface area contributed by atoms with Gasteiger partial charge in [-0.3, -0.25) is 4.68 Å². The van der Waals surface area contributed by atoms with Crippen LogP contribution in [-0.4, -0.2) is 21.5 Å². The lowest BCUT2D eigenvalue weighted by Crippen LogP contribution is -2.13. The molecule has 0 bridgehead atoms. The Hall–Kier alpha value is -1.82. The first-order chi connectivity index (χ1) is 9.31. The van der Waals surface area contributed by atoms with Crippen LogP contribution in [-0.2, 0) is 19.7 Å². The molecular formula is C13H20N4O2. The smallest absolute Gasteiger partial charge is 0.174 e. The van der Waals surface area contributed by atoms with Crippen molar-refractivity contribution in [2.45, 2.75) is 40.0 Å². The molecule has 0 atom stereocenters. The molecule has 0 fully saturated rings. The van der Waals surface area contributed by atoms with Crippen LogP contribution in [0, 0.1) is 0 Å². The van der Waals surface area contributed by atoms with Crippen molar-refractivity contribution < 1.29 is 9.26 Å². The third kappa shape index (κ3) is 4.10. The summed E-state index contributed by atoms with van der Waals surface area (Å²) in [6, 6.07) is 1.91. The molecule has 19 heavy (non-hydrogen) atoms. The first kappa shape index (κ1) is 13.6. The van der Waals surface area contributed by atoms with Crippen LogP contribution in [0.4, 0.5) is 0 Å². The van der Waals surface area contributed by atoms with E-state index in [4.69, 9.17) is 9.26 Å².